The summed E-state index contributed by atoms with van der Waals surface area (Å²) >= 11 is 0. The predicted molar refractivity (Wildman–Crippen MR) is 71.5 cm³/mol. The van der Waals surface area contributed by atoms with E-state index in [9.17, 15) is 0 Å². The zero-order valence-corrected chi connectivity index (χ0v) is 10.9. The van der Waals surface area contributed by atoms with Gasteiger partial charge < -0.3 is 9.64 Å². The van der Waals surface area contributed by atoms with E-state index in [4.69, 9.17) is 10.00 Å². The van der Waals surface area contributed by atoms with Crippen molar-refractivity contribution in [2.24, 2.45) is 0 Å². The minimum Gasteiger partial charge on any atom is -0.492 e. The number of hydrogen-bond acceptors (Lipinski definition) is 3. The van der Waals surface area contributed by atoms with Crippen LogP contribution in [0.3, 0.4) is 0 Å². The van der Waals surface area contributed by atoms with Crippen molar-refractivity contribution < 1.29 is 4.74 Å². The molecule has 0 unspecified atom stereocenters. The van der Waals surface area contributed by atoms with E-state index in [0.29, 0.717) is 17.9 Å². The average Bonchev–Trinajstić information content (AvgIpc) is 2.33. The summed E-state index contributed by atoms with van der Waals surface area (Å²) in [5.41, 5.74) is 0.616. The molecule has 0 heterocycles. The lowest BCUT2D eigenvalue weighted by Gasteiger charge is -2.34. The zero-order valence-electron chi connectivity index (χ0n) is 10.9. The highest BCUT2D eigenvalue weighted by Gasteiger charge is 2.21. The van der Waals surface area contributed by atoms with Gasteiger partial charge in [0.15, 0.2) is 0 Å². The summed E-state index contributed by atoms with van der Waals surface area (Å²) in [6.45, 7) is 1.75. The monoisotopic (exact) mass is 244 g/mol. The molecule has 1 aliphatic rings. The lowest BCUT2D eigenvalue weighted by molar-refractivity contribution is 0.149. The molecule has 18 heavy (non-hydrogen) atoms. The molecular formula is C15H20N2O. The number of benzene rings is 1. The lowest BCUT2D eigenvalue weighted by Crippen LogP contribution is -2.38. The molecule has 1 aromatic rings. The highest BCUT2D eigenvalue weighted by atomic mass is 16.5. The Balaban J connectivity index is 1.70. The molecule has 0 bridgehead atoms. The summed E-state index contributed by atoms with van der Waals surface area (Å²) < 4.78 is 5.66. The summed E-state index contributed by atoms with van der Waals surface area (Å²) in [5.74, 6) is 0.700. The first kappa shape index (κ1) is 12.9. The molecule has 1 fully saturated rings. The second-order valence-electron chi connectivity index (χ2n) is 4.88. The maximum atomic E-state index is 8.94. The molecule has 2 rings (SSSR count). The molecule has 3 heteroatoms. The summed E-state index contributed by atoms with van der Waals surface area (Å²) in [7, 11) is 2.19. The first-order valence-corrected chi connectivity index (χ1v) is 6.63. The number of nitriles is 1. The number of hydrogen-bond donors (Lipinski definition) is 0. The van der Waals surface area contributed by atoms with Crippen LogP contribution in [0.5, 0.6) is 5.75 Å². The molecule has 1 saturated carbocycles. The Morgan fingerprint density at radius 1 is 1.39 bits per heavy atom. The number of para-hydroxylation sites is 1. The second kappa shape index (κ2) is 6.42. The normalized spacial score (nSPS) is 15.2. The van der Waals surface area contributed by atoms with E-state index in [0.717, 1.165) is 19.0 Å². The van der Waals surface area contributed by atoms with Gasteiger partial charge in [-0.25, -0.2) is 0 Å². The van der Waals surface area contributed by atoms with Gasteiger partial charge >= 0.3 is 0 Å². The highest BCUT2D eigenvalue weighted by molar-refractivity contribution is 5.42. The quantitative estimate of drug-likeness (QED) is 0.722. The van der Waals surface area contributed by atoms with Gasteiger partial charge in [-0.2, -0.15) is 5.26 Å². The van der Waals surface area contributed by atoms with Gasteiger partial charge in [0, 0.05) is 12.6 Å². The first-order valence-electron chi connectivity index (χ1n) is 6.63. The molecule has 1 aliphatic carbocycles. The Kier molecular flexibility index (Phi) is 4.60. The predicted octanol–water partition coefficient (Wildman–Crippen LogP) is 2.81. The fourth-order valence-electron chi connectivity index (χ4n) is 2.19. The number of ether oxygens (including phenoxy) is 1. The highest BCUT2D eigenvalue weighted by Crippen LogP contribution is 2.23. The third-order valence-corrected chi connectivity index (χ3v) is 3.62. The van der Waals surface area contributed by atoms with Crippen molar-refractivity contribution in [2.45, 2.75) is 31.7 Å². The summed E-state index contributed by atoms with van der Waals surface area (Å²) in [4.78, 5) is 2.42. The van der Waals surface area contributed by atoms with Crippen LogP contribution in [0.2, 0.25) is 0 Å². The average molecular weight is 244 g/mol. The third-order valence-electron chi connectivity index (χ3n) is 3.62. The molecule has 3 nitrogen and oxygen atoms in total. The Hall–Kier alpha value is -1.53. The molecule has 0 spiro atoms. The fourth-order valence-corrected chi connectivity index (χ4v) is 2.19. The van der Waals surface area contributed by atoms with E-state index in [1.54, 1.807) is 6.07 Å². The van der Waals surface area contributed by atoms with Crippen molar-refractivity contribution in [3.63, 3.8) is 0 Å². The molecule has 96 valence electrons. The second-order valence-corrected chi connectivity index (χ2v) is 4.88. The standard InChI is InChI=1S/C15H20N2O/c1-17(14-7-4-8-14)10-5-11-18-15-9-3-2-6-13(15)12-16/h2-3,6,9,14H,4-5,7-8,10-11H2,1H3. The van der Waals surface area contributed by atoms with Crippen molar-refractivity contribution in [3.05, 3.63) is 29.8 Å². The topological polar surface area (TPSA) is 36.3 Å². The van der Waals surface area contributed by atoms with Crippen molar-refractivity contribution in [1.82, 2.24) is 4.90 Å². The van der Waals surface area contributed by atoms with Crippen LogP contribution in [0.25, 0.3) is 0 Å². The lowest BCUT2D eigenvalue weighted by atomic mass is 9.92. The van der Waals surface area contributed by atoms with Crippen molar-refractivity contribution in [3.8, 4) is 11.8 Å². The molecule has 0 saturated heterocycles. The van der Waals surface area contributed by atoms with Crippen molar-refractivity contribution in [1.29, 1.82) is 5.26 Å². The molecule has 0 aromatic heterocycles. The van der Waals surface area contributed by atoms with Gasteiger partial charge in [-0.1, -0.05) is 18.6 Å². The molecule has 0 atom stereocenters. The van der Waals surface area contributed by atoms with Crippen LogP contribution < -0.4 is 4.74 Å². The Labute approximate surface area is 109 Å². The van der Waals surface area contributed by atoms with Gasteiger partial charge in [-0.05, 0) is 38.4 Å². The van der Waals surface area contributed by atoms with Crippen LogP contribution in [0, 0.1) is 11.3 Å². The van der Waals surface area contributed by atoms with E-state index in [1.165, 1.54) is 19.3 Å². The van der Waals surface area contributed by atoms with Gasteiger partial charge in [0.05, 0.1) is 12.2 Å². The van der Waals surface area contributed by atoms with E-state index in [1.807, 2.05) is 18.2 Å². The smallest absolute Gasteiger partial charge is 0.137 e. The van der Waals surface area contributed by atoms with Gasteiger partial charge in [0.2, 0.25) is 0 Å². The third kappa shape index (κ3) is 3.24. The van der Waals surface area contributed by atoms with Gasteiger partial charge in [-0.15, -0.1) is 0 Å². The van der Waals surface area contributed by atoms with Crippen LogP contribution in [-0.2, 0) is 0 Å². The molecule has 1 aromatic carbocycles. The molecule has 0 radical (unpaired) electrons. The zero-order chi connectivity index (χ0) is 12.8. The number of rotatable bonds is 6. The summed E-state index contributed by atoms with van der Waals surface area (Å²) in [6, 6.07) is 10.3. The maximum Gasteiger partial charge on any atom is 0.137 e. The van der Waals surface area contributed by atoms with Crippen LogP contribution in [0.1, 0.15) is 31.2 Å². The molecular weight excluding hydrogens is 224 g/mol. The minimum atomic E-state index is 0.616. The molecule has 0 N–H and O–H groups in total. The van der Waals surface area contributed by atoms with Crippen LogP contribution in [0.4, 0.5) is 0 Å². The van der Waals surface area contributed by atoms with Crippen LogP contribution >= 0.6 is 0 Å². The van der Waals surface area contributed by atoms with E-state index in [-0.39, 0.29) is 0 Å². The largest absolute Gasteiger partial charge is 0.492 e. The van der Waals surface area contributed by atoms with Gasteiger partial charge in [-0.3, -0.25) is 0 Å². The minimum absolute atomic E-state index is 0.616. The molecule has 0 aliphatic heterocycles. The van der Waals surface area contributed by atoms with E-state index < -0.39 is 0 Å². The van der Waals surface area contributed by atoms with E-state index >= 15 is 0 Å². The summed E-state index contributed by atoms with van der Waals surface area (Å²) in [6.07, 6.45) is 5.07. The SMILES string of the molecule is CN(CCCOc1ccccc1C#N)C1CCC1. The first-order chi connectivity index (χ1) is 8.81. The molecule has 0 amide bonds. The summed E-state index contributed by atoms with van der Waals surface area (Å²) in [5, 5.41) is 8.94. The van der Waals surface area contributed by atoms with E-state index in [2.05, 4.69) is 18.0 Å². The fraction of sp³-hybridized carbons (Fsp3) is 0.533. The number of nitrogens with zero attached hydrogens (tertiary/aromatic N) is 2. The van der Waals surface area contributed by atoms with Gasteiger partial charge in [0.1, 0.15) is 11.8 Å². The van der Waals surface area contributed by atoms with Crippen molar-refractivity contribution in [2.75, 3.05) is 20.2 Å². The Bertz CT molecular complexity index is 421. The van der Waals surface area contributed by atoms with Gasteiger partial charge in [0.25, 0.3) is 0 Å². The van der Waals surface area contributed by atoms with Crippen LogP contribution in [-0.4, -0.2) is 31.1 Å². The van der Waals surface area contributed by atoms with Crippen molar-refractivity contribution >= 4 is 0 Å². The Morgan fingerprint density at radius 3 is 2.83 bits per heavy atom. The van der Waals surface area contributed by atoms with Crippen LogP contribution in [0.15, 0.2) is 24.3 Å². The maximum absolute atomic E-state index is 8.94. The Morgan fingerprint density at radius 2 is 2.17 bits per heavy atom.